The van der Waals surface area contributed by atoms with Crippen molar-refractivity contribution in [3.8, 4) is 5.75 Å². The lowest BCUT2D eigenvalue weighted by Gasteiger charge is -2.18. The van der Waals surface area contributed by atoms with Crippen LogP contribution in [-0.2, 0) is 9.53 Å². The first-order valence-corrected chi connectivity index (χ1v) is 6.73. The number of para-hydroxylation sites is 1. The summed E-state index contributed by atoms with van der Waals surface area (Å²) in [6.07, 6.45) is 0.687. The maximum absolute atomic E-state index is 13.3. The summed E-state index contributed by atoms with van der Waals surface area (Å²) >= 11 is 0. The maximum Gasteiger partial charge on any atom is 0.322 e. The number of esters is 1. The molecule has 0 spiro atoms. The topological polar surface area (TPSA) is 47.6 Å². The van der Waals surface area contributed by atoms with Crippen LogP contribution in [0.25, 0.3) is 0 Å². The fraction of sp³-hybridized carbons (Fsp3) is 0.533. The zero-order valence-electron chi connectivity index (χ0n) is 12.2. The van der Waals surface area contributed by atoms with Gasteiger partial charge in [-0.25, -0.2) is 4.39 Å². The molecule has 0 radical (unpaired) electrons. The average Bonchev–Trinajstić information content (AvgIpc) is 2.42. The van der Waals surface area contributed by atoms with Gasteiger partial charge in [0.05, 0.1) is 7.11 Å². The summed E-state index contributed by atoms with van der Waals surface area (Å²) in [5.74, 6) is -0.0874. The van der Waals surface area contributed by atoms with Gasteiger partial charge in [0.1, 0.15) is 12.6 Å². The molecule has 0 fully saturated rings. The van der Waals surface area contributed by atoms with Gasteiger partial charge in [-0.3, -0.25) is 4.79 Å². The van der Waals surface area contributed by atoms with E-state index in [1.54, 1.807) is 18.2 Å². The van der Waals surface area contributed by atoms with E-state index in [0.29, 0.717) is 18.9 Å². The zero-order chi connectivity index (χ0) is 15.0. The van der Waals surface area contributed by atoms with Crippen LogP contribution in [0.3, 0.4) is 0 Å². The fourth-order valence-electron chi connectivity index (χ4n) is 1.83. The molecule has 0 heterocycles. The molecular weight excluding hydrogens is 261 g/mol. The molecule has 0 aromatic heterocycles. The van der Waals surface area contributed by atoms with Gasteiger partial charge < -0.3 is 14.8 Å². The van der Waals surface area contributed by atoms with Crippen molar-refractivity contribution in [1.82, 2.24) is 5.32 Å². The average molecular weight is 283 g/mol. The molecule has 20 heavy (non-hydrogen) atoms. The van der Waals surface area contributed by atoms with Gasteiger partial charge in [-0.15, -0.1) is 0 Å². The van der Waals surface area contributed by atoms with Crippen molar-refractivity contribution in [1.29, 1.82) is 0 Å². The SMILES string of the molecule is COC(=O)C(CC(C)C)NCCOc1ccccc1F. The van der Waals surface area contributed by atoms with E-state index in [0.717, 1.165) is 0 Å². The summed E-state index contributed by atoms with van der Waals surface area (Å²) in [7, 11) is 1.37. The molecule has 1 aromatic carbocycles. The van der Waals surface area contributed by atoms with E-state index in [1.807, 2.05) is 13.8 Å². The van der Waals surface area contributed by atoms with E-state index in [4.69, 9.17) is 9.47 Å². The Hall–Kier alpha value is -1.62. The number of carbonyl (C=O) groups excluding carboxylic acids is 1. The molecule has 1 N–H and O–H groups in total. The number of benzene rings is 1. The van der Waals surface area contributed by atoms with Gasteiger partial charge in [0.15, 0.2) is 11.6 Å². The van der Waals surface area contributed by atoms with Crippen molar-refractivity contribution in [3.05, 3.63) is 30.1 Å². The number of rotatable bonds is 8. The Kier molecular flexibility index (Phi) is 7.01. The molecule has 0 saturated heterocycles. The van der Waals surface area contributed by atoms with Crippen molar-refractivity contribution < 1.29 is 18.7 Å². The van der Waals surface area contributed by atoms with Crippen LogP contribution < -0.4 is 10.1 Å². The molecule has 1 rings (SSSR count). The molecule has 0 aliphatic rings. The molecule has 0 amide bonds. The van der Waals surface area contributed by atoms with Crippen molar-refractivity contribution in [2.24, 2.45) is 5.92 Å². The van der Waals surface area contributed by atoms with Crippen molar-refractivity contribution in [2.45, 2.75) is 26.3 Å². The monoisotopic (exact) mass is 283 g/mol. The van der Waals surface area contributed by atoms with Gasteiger partial charge in [0.25, 0.3) is 0 Å². The van der Waals surface area contributed by atoms with E-state index < -0.39 is 0 Å². The molecule has 0 aliphatic heterocycles. The van der Waals surface area contributed by atoms with E-state index >= 15 is 0 Å². The van der Waals surface area contributed by atoms with E-state index in [9.17, 15) is 9.18 Å². The lowest BCUT2D eigenvalue weighted by Crippen LogP contribution is -2.40. The third-order valence-corrected chi connectivity index (χ3v) is 2.78. The number of nitrogens with one attached hydrogen (secondary N) is 1. The number of hydrogen-bond donors (Lipinski definition) is 1. The molecule has 112 valence electrons. The summed E-state index contributed by atoms with van der Waals surface area (Å²) in [6, 6.07) is 5.88. The third-order valence-electron chi connectivity index (χ3n) is 2.78. The number of carbonyl (C=O) groups is 1. The van der Waals surface area contributed by atoms with Gasteiger partial charge in [0, 0.05) is 6.54 Å². The second-order valence-corrected chi connectivity index (χ2v) is 4.94. The molecule has 0 aliphatic carbocycles. The lowest BCUT2D eigenvalue weighted by molar-refractivity contribution is -0.143. The van der Waals surface area contributed by atoms with E-state index in [-0.39, 0.29) is 30.2 Å². The highest BCUT2D eigenvalue weighted by atomic mass is 19.1. The largest absolute Gasteiger partial charge is 0.489 e. The maximum atomic E-state index is 13.3. The second kappa shape index (κ2) is 8.53. The first-order chi connectivity index (χ1) is 9.54. The molecule has 1 unspecified atom stereocenters. The Morgan fingerprint density at radius 2 is 2.05 bits per heavy atom. The molecule has 1 atom stereocenters. The van der Waals surface area contributed by atoms with Crippen LogP contribution in [0.2, 0.25) is 0 Å². The van der Waals surface area contributed by atoms with Crippen molar-refractivity contribution in [2.75, 3.05) is 20.3 Å². The molecular formula is C15H22FNO3. The summed E-state index contributed by atoms with van der Waals surface area (Å²) < 4.78 is 23.4. The van der Waals surface area contributed by atoms with Gasteiger partial charge in [0.2, 0.25) is 0 Å². The molecule has 1 aromatic rings. The number of methoxy groups -OCH3 is 1. The Morgan fingerprint density at radius 3 is 2.65 bits per heavy atom. The zero-order valence-corrected chi connectivity index (χ0v) is 12.2. The predicted molar refractivity (Wildman–Crippen MR) is 75.2 cm³/mol. The highest BCUT2D eigenvalue weighted by Crippen LogP contribution is 2.14. The van der Waals surface area contributed by atoms with Crippen LogP contribution in [0, 0.1) is 11.7 Å². The summed E-state index contributed by atoms with van der Waals surface area (Å²) in [5, 5.41) is 3.07. The minimum atomic E-state index is -0.390. The number of ether oxygens (including phenoxy) is 2. The lowest BCUT2D eigenvalue weighted by atomic mass is 10.0. The van der Waals surface area contributed by atoms with Crippen LogP contribution in [0.4, 0.5) is 4.39 Å². The molecule has 0 bridgehead atoms. The minimum absolute atomic E-state index is 0.216. The van der Waals surface area contributed by atoms with Crippen LogP contribution in [-0.4, -0.2) is 32.3 Å². The predicted octanol–water partition coefficient (Wildman–Crippen LogP) is 2.38. The Bertz CT molecular complexity index is 423. The summed E-state index contributed by atoms with van der Waals surface area (Å²) in [5.41, 5.74) is 0. The Balaban J connectivity index is 2.37. The van der Waals surface area contributed by atoms with Gasteiger partial charge in [-0.1, -0.05) is 26.0 Å². The number of hydrogen-bond acceptors (Lipinski definition) is 4. The first kappa shape index (κ1) is 16.4. The molecule has 5 heteroatoms. The van der Waals surface area contributed by atoms with Crippen molar-refractivity contribution >= 4 is 5.97 Å². The van der Waals surface area contributed by atoms with Gasteiger partial charge in [-0.2, -0.15) is 0 Å². The first-order valence-electron chi connectivity index (χ1n) is 6.73. The molecule has 0 saturated carbocycles. The van der Waals surface area contributed by atoms with Crippen LogP contribution in [0.1, 0.15) is 20.3 Å². The Morgan fingerprint density at radius 1 is 1.35 bits per heavy atom. The van der Waals surface area contributed by atoms with E-state index in [1.165, 1.54) is 13.2 Å². The quantitative estimate of drug-likeness (QED) is 0.588. The highest BCUT2D eigenvalue weighted by molar-refractivity contribution is 5.75. The standard InChI is InChI=1S/C15H22FNO3/c1-11(2)10-13(15(18)19-3)17-8-9-20-14-7-5-4-6-12(14)16/h4-7,11,13,17H,8-10H2,1-3H3. The second-order valence-electron chi connectivity index (χ2n) is 4.94. The Labute approximate surface area is 119 Å². The van der Waals surface area contributed by atoms with Gasteiger partial charge >= 0.3 is 5.97 Å². The third kappa shape index (κ3) is 5.57. The van der Waals surface area contributed by atoms with Crippen molar-refractivity contribution in [3.63, 3.8) is 0 Å². The van der Waals surface area contributed by atoms with Crippen LogP contribution in [0.15, 0.2) is 24.3 Å². The number of halogens is 1. The van der Waals surface area contributed by atoms with Crippen LogP contribution >= 0.6 is 0 Å². The summed E-state index contributed by atoms with van der Waals surface area (Å²) in [6.45, 7) is 4.80. The highest BCUT2D eigenvalue weighted by Gasteiger charge is 2.19. The van der Waals surface area contributed by atoms with Crippen LogP contribution in [0.5, 0.6) is 5.75 Å². The minimum Gasteiger partial charge on any atom is -0.489 e. The normalized spacial score (nSPS) is 12.2. The summed E-state index contributed by atoms with van der Waals surface area (Å²) in [4.78, 5) is 11.6. The fourth-order valence-corrected chi connectivity index (χ4v) is 1.83. The van der Waals surface area contributed by atoms with Gasteiger partial charge in [-0.05, 0) is 24.5 Å². The molecule has 4 nitrogen and oxygen atoms in total. The van der Waals surface area contributed by atoms with E-state index in [2.05, 4.69) is 5.32 Å². The smallest absolute Gasteiger partial charge is 0.322 e.